The molecule has 2 heterocycles. The number of rotatable bonds is 4. The summed E-state index contributed by atoms with van der Waals surface area (Å²) in [5.74, 6) is 1.46. The van der Waals surface area contributed by atoms with Crippen LogP contribution in [0.4, 0.5) is 5.69 Å². The number of likely N-dealkylation sites (tertiary alicyclic amines) is 1. The lowest BCUT2D eigenvalue weighted by atomic mass is 10.0. The number of benzene rings is 1. The van der Waals surface area contributed by atoms with Gasteiger partial charge in [0.05, 0.1) is 19.3 Å². The molecule has 2 aliphatic rings. The zero-order chi connectivity index (χ0) is 16.9. The third-order valence-electron chi connectivity index (χ3n) is 4.80. The van der Waals surface area contributed by atoms with Crippen LogP contribution in [0.3, 0.4) is 0 Å². The predicted molar refractivity (Wildman–Crippen MR) is 93.8 cm³/mol. The second kappa shape index (κ2) is 7.85. The molecule has 2 unspecified atom stereocenters. The van der Waals surface area contributed by atoms with Crippen molar-refractivity contribution in [2.45, 2.75) is 38.3 Å². The Hall–Kier alpha value is -1.79. The molecule has 1 fully saturated rings. The van der Waals surface area contributed by atoms with Gasteiger partial charge < -0.3 is 20.1 Å². The highest BCUT2D eigenvalue weighted by atomic mass is 16.5. The summed E-state index contributed by atoms with van der Waals surface area (Å²) in [6.07, 6.45) is 3.16. The first-order chi connectivity index (χ1) is 11.7. The highest BCUT2D eigenvalue weighted by Crippen LogP contribution is 2.32. The summed E-state index contributed by atoms with van der Waals surface area (Å²) < 4.78 is 11.3. The van der Waals surface area contributed by atoms with Gasteiger partial charge in [0.15, 0.2) is 11.5 Å². The van der Waals surface area contributed by atoms with Crippen LogP contribution in [-0.4, -0.2) is 56.2 Å². The van der Waals surface area contributed by atoms with Crippen LogP contribution < -0.4 is 20.1 Å². The van der Waals surface area contributed by atoms with Gasteiger partial charge in [-0.3, -0.25) is 9.69 Å². The van der Waals surface area contributed by atoms with Crippen molar-refractivity contribution in [1.82, 2.24) is 10.2 Å². The van der Waals surface area contributed by atoms with Crippen molar-refractivity contribution < 1.29 is 14.3 Å². The van der Waals surface area contributed by atoms with Crippen LogP contribution in [0.1, 0.15) is 26.2 Å². The number of carbonyl (C=O) groups is 1. The molecule has 1 amide bonds. The first-order valence-corrected chi connectivity index (χ1v) is 8.79. The maximum atomic E-state index is 12.6. The predicted octanol–water partition coefficient (Wildman–Crippen LogP) is 1.86. The Morgan fingerprint density at radius 2 is 2.04 bits per heavy atom. The van der Waals surface area contributed by atoms with Crippen LogP contribution in [-0.2, 0) is 4.79 Å². The van der Waals surface area contributed by atoms with E-state index in [2.05, 4.69) is 15.5 Å². The van der Waals surface area contributed by atoms with Crippen molar-refractivity contribution in [2.75, 3.05) is 38.7 Å². The maximum absolute atomic E-state index is 12.6. The molecule has 24 heavy (non-hydrogen) atoms. The Morgan fingerprint density at radius 3 is 2.83 bits per heavy atom. The SMILES string of the molecule is CNC1CCCN(C(C)C(=O)Nc2ccc3c(c2)OCCCO3)C1. The summed E-state index contributed by atoms with van der Waals surface area (Å²) in [4.78, 5) is 14.8. The number of ether oxygens (including phenoxy) is 2. The minimum absolute atomic E-state index is 0.0150. The normalized spacial score (nSPS) is 22.5. The van der Waals surface area contributed by atoms with Crippen molar-refractivity contribution in [3.05, 3.63) is 18.2 Å². The first kappa shape index (κ1) is 17.0. The van der Waals surface area contributed by atoms with Gasteiger partial charge in [0.1, 0.15) is 0 Å². The van der Waals surface area contributed by atoms with Gasteiger partial charge in [-0.1, -0.05) is 0 Å². The lowest BCUT2D eigenvalue weighted by molar-refractivity contribution is -0.121. The summed E-state index contributed by atoms with van der Waals surface area (Å²) in [5.41, 5.74) is 0.748. The Bertz CT molecular complexity index is 579. The molecule has 1 aromatic rings. The molecule has 2 N–H and O–H groups in total. The van der Waals surface area contributed by atoms with Crippen molar-refractivity contribution in [1.29, 1.82) is 0 Å². The number of nitrogens with one attached hydrogen (secondary N) is 2. The van der Waals surface area contributed by atoms with Crippen LogP contribution in [0.15, 0.2) is 18.2 Å². The van der Waals surface area contributed by atoms with Gasteiger partial charge in [0.25, 0.3) is 0 Å². The van der Waals surface area contributed by atoms with E-state index in [1.165, 1.54) is 6.42 Å². The third kappa shape index (κ3) is 3.99. The van der Waals surface area contributed by atoms with Crippen molar-refractivity contribution in [3.8, 4) is 11.5 Å². The van der Waals surface area contributed by atoms with Gasteiger partial charge in [0.2, 0.25) is 5.91 Å². The Balaban J connectivity index is 1.62. The zero-order valence-corrected chi connectivity index (χ0v) is 14.5. The van der Waals surface area contributed by atoms with E-state index in [0.717, 1.165) is 37.4 Å². The molecule has 1 aromatic carbocycles. The Morgan fingerprint density at radius 1 is 1.25 bits per heavy atom. The molecule has 2 aliphatic heterocycles. The fourth-order valence-electron chi connectivity index (χ4n) is 3.25. The van der Waals surface area contributed by atoms with Gasteiger partial charge in [0, 0.05) is 30.8 Å². The van der Waals surface area contributed by atoms with E-state index in [1.807, 2.05) is 32.2 Å². The summed E-state index contributed by atoms with van der Waals surface area (Å²) in [5, 5.41) is 6.32. The van der Waals surface area contributed by atoms with Crippen molar-refractivity contribution >= 4 is 11.6 Å². The number of anilines is 1. The lowest BCUT2D eigenvalue weighted by Crippen LogP contribution is -2.51. The van der Waals surface area contributed by atoms with E-state index in [-0.39, 0.29) is 11.9 Å². The molecule has 6 nitrogen and oxygen atoms in total. The average molecular weight is 333 g/mol. The smallest absolute Gasteiger partial charge is 0.241 e. The van der Waals surface area contributed by atoms with Crippen LogP contribution >= 0.6 is 0 Å². The number of likely N-dealkylation sites (N-methyl/N-ethyl adjacent to an activating group) is 1. The molecule has 2 atom stereocenters. The fourth-order valence-corrected chi connectivity index (χ4v) is 3.25. The highest BCUT2D eigenvalue weighted by Gasteiger charge is 2.27. The maximum Gasteiger partial charge on any atom is 0.241 e. The van der Waals surface area contributed by atoms with Gasteiger partial charge in [-0.2, -0.15) is 0 Å². The molecule has 0 saturated carbocycles. The molecule has 3 rings (SSSR count). The highest BCUT2D eigenvalue weighted by molar-refractivity contribution is 5.94. The summed E-state index contributed by atoms with van der Waals surface area (Å²) in [6.45, 7) is 5.15. The first-order valence-electron chi connectivity index (χ1n) is 8.79. The number of nitrogens with zero attached hydrogens (tertiary/aromatic N) is 1. The van der Waals surface area contributed by atoms with E-state index in [9.17, 15) is 4.79 Å². The topological polar surface area (TPSA) is 62.8 Å². The van der Waals surface area contributed by atoms with Gasteiger partial charge >= 0.3 is 0 Å². The van der Waals surface area contributed by atoms with Gasteiger partial charge in [-0.25, -0.2) is 0 Å². The average Bonchev–Trinajstić information content (AvgIpc) is 2.86. The zero-order valence-electron chi connectivity index (χ0n) is 14.5. The quantitative estimate of drug-likeness (QED) is 0.881. The molecular weight excluding hydrogens is 306 g/mol. The standard InChI is InChI=1S/C18H27N3O3/c1-13(21-8-3-5-15(12-21)19-2)18(22)20-14-6-7-16-17(11-14)24-10-4-9-23-16/h6-7,11,13,15,19H,3-5,8-10,12H2,1-2H3,(H,20,22). The van der Waals surface area contributed by atoms with Crippen LogP contribution in [0.5, 0.6) is 11.5 Å². The molecule has 0 aliphatic carbocycles. The lowest BCUT2D eigenvalue weighted by Gasteiger charge is -2.35. The number of amides is 1. The largest absolute Gasteiger partial charge is 0.490 e. The van der Waals surface area contributed by atoms with Crippen LogP contribution in [0.25, 0.3) is 0 Å². The second-order valence-corrected chi connectivity index (χ2v) is 6.50. The minimum Gasteiger partial charge on any atom is -0.490 e. The monoisotopic (exact) mass is 333 g/mol. The summed E-state index contributed by atoms with van der Waals surface area (Å²) in [6, 6.07) is 5.88. The van der Waals surface area contributed by atoms with E-state index in [0.29, 0.717) is 25.0 Å². The van der Waals surface area contributed by atoms with Gasteiger partial charge in [-0.15, -0.1) is 0 Å². The van der Waals surface area contributed by atoms with Crippen molar-refractivity contribution in [3.63, 3.8) is 0 Å². The molecule has 0 bridgehead atoms. The molecule has 0 spiro atoms. The molecule has 1 saturated heterocycles. The summed E-state index contributed by atoms with van der Waals surface area (Å²) in [7, 11) is 1.98. The molecule has 6 heteroatoms. The minimum atomic E-state index is -0.155. The molecule has 0 aromatic heterocycles. The number of fused-ring (bicyclic) bond motifs is 1. The van der Waals surface area contributed by atoms with Gasteiger partial charge in [-0.05, 0) is 45.5 Å². The number of carbonyl (C=O) groups excluding carboxylic acids is 1. The number of piperidine rings is 1. The van der Waals surface area contributed by atoms with E-state index in [1.54, 1.807) is 0 Å². The summed E-state index contributed by atoms with van der Waals surface area (Å²) >= 11 is 0. The Labute approximate surface area is 143 Å². The van der Waals surface area contributed by atoms with E-state index < -0.39 is 0 Å². The third-order valence-corrected chi connectivity index (χ3v) is 4.80. The molecular formula is C18H27N3O3. The fraction of sp³-hybridized carbons (Fsp3) is 0.611. The Kier molecular flexibility index (Phi) is 5.58. The second-order valence-electron chi connectivity index (χ2n) is 6.50. The van der Waals surface area contributed by atoms with Crippen molar-refractivity contribution in [2.24, 2.45) is 0 Å². The molecule has 0 radical (unpaired) electrons. The number of hydrogen-bond acceptors (Lipinski definition) is 5. The van der Waals surface area contributed by atoms with E-state index in [4.69, 9.17) is 9.47 Å². The van der Waals surface area contributed by atoms with E-state index >= 15 is 0 Å². The molecule has 132 valence electrons. The van der Waals surface area contributed by atoms with Crippen LogP contribution in [0.2, 0.25) is 0 Å². The van der Waals surface area contributed by atoms with Crippen LogP contribution in [0, 0.1) is 0 Å². The number of hydrogen-bond donors (Lipinski definition) is 2.